The molecule has 3 aromatic heterocycles. The Hall–Kier alpha value is -2.46. The average Bonchev–Trinajstić information content (AvgIpc) is 3.44. The summed E-state index contributed by atoms with van der Waals surface area (Å²) in [6.45, 7) is 3.70. The number of carbonyl (C=O) groups is 1. The van der Waals surface area contributed by atoms with Crippen molar-refractivity contribution < 1.29 is 14.1 Å². The van der Waals surface area contributed by atoms with Gasteiger partial charge in [-0.3, -0.25) is 4.79 Å². The van der Waals surface area contributed by atoms with Gasteiger partial charge in [0.1, 0.15) is 33.6 Å². The van der Waals surface area contributed by atoms with Crippen LogP contribution in [0.3, 0.4) is 0 Å². The number of nitrogens with zero attached hydrogens (tertiary/aromatic N) is 2. The average molecular weight is 486 g/mol. The summed E-state index contributed by atoms with van der Waals surface area (Å²) in [5, 5.41) is 3.56. The largest absolute Gasteiger partial charge is 0.611 e. The minimum Gasteiger partial charge on any atom is -0.611 e. The van der Waals surface area contributed by atoms with Crippen molar-refractivity contribution in [3.63, 3.8) is 0 Å². The molecule has 166 valence electrons. The molecule has 0 aliphatic heterocycles. The number of esters is 1. The van der Waals surface area contributed by atoms with Gasteiger partial charge in [0.05, 0.1) is 0 Å². The maximum atomic E-state index is 12.9. The van der Waals surface area contributed by atoms with Gasteiger partial charge < -0.3 is 15.0 Å². The lowest BCUT2D eigenvalue weighted by Crippen LogP contribution is -2.06. The molecule has 0 bridgehead atoms. The van der Waals surface area contributed by atoms with E-state index in [-0.39, 0.29) is 12.6 Å². The first-order chi connectivity index (χ1) is 15.5. The third-order valence-electron chi connectivity index (χ3n) is 4.91. The van der Waals surface area contributed by atoms with Crippen LogP contribution in [-0.4, -0.2) is 26.2 Å². The topological polar surface area (TPSA) is 101 Å². The molecule has 3 heterocycles. The fourth-order valence-corrected chi connectivity index (χ4v) is 6.68. The third-order valence-corrected chi connectivity index (χ3v) is 8.70. The van der Waals surface area contributed by atoms with Gasteiger partial charge in [-0.15, -0.1) is 11.3 Å². The summed E-state index contributed by atoms with van der Waals surface area (Å²) in [5.74, 6) is 0.278. The van der Waals surface area contributed by atoms with Crippen LogP contribution in [0.15, 0.2) is 46.1 Å². The molecule has 1 atom stereocenters. The lowest BCUT2D eigenvalue weighted by molar-refractivity contribution is -0.142. The van der Waals surface area contributed by atoms with Gasteiger partial charge in [-0.25, -0.2) is 9.97 Å². The molecule has 4 aromatic rings. The zero-order chi connectivity index (χ0) is 22.7. The second-order valence-corrected chi connectivity index (χ2v) is 10.9. The molecule has 6 nitrogen and oxygen atoms in total. The highest BCUT2D eigenvalue weighted by atomic mass is 32.2. The Bertz CT molecular complexity index is 1220. The van der Waals surface area contributed by atoms with E-state index >= 15 is 0 Å². The Morgan fingerprint density at radius 2 is 2.06 bits per heavy atom. The predicted octanol–water partition coefficient (Wildman–Crippen LogP) is 5.64. The minimum atomic E-state index is -1.15. The summed E-state index contributed by atoms with van der Waals surface area (Å²) < 4.78 is 18.7. The zero-order valence-electron chi connectivity index (χ0n) is 17.8. The normalized spacial score (nSPS) is 12.2. The number of benzene rings is 1. The molecule has 1 aromatic carbocycles. The summed E-state index contributed by atoms with van der Waals surface area (Å²) >= 11 is 1.77. The minimum absolute atomic E-state index is 0.229. The van der Waals surface area contributed by atoms with Crippen molar-refractivity contribution in [2.75, 3.05) is 11.5 Å². The summed E-state index contributed by atoms with van der Waals surface area (Å²) in [7, 11) is 0. The van der Waals surface area contributed by atoms with Crippen LogP contribution < -0.4 is 5.73 Å². The number of nitrogens with two attached hydrogens (primary N) is 1. The fraction of sp³-hybridized carbons (Fsp3) is 0.261. The van der Waals surface area contributed by atoms with Crippen molar-refractivity contribution in [3.05, 3.63) is 47.5 Å². The van der Waals surface area contributed by atoms with Crippen LogP contribution in [0.4, 0.5) is 5.69 Å². The number of pyridine rings is 1. The smallest absolute Gasteiger partial charge is 0.302 e. The van der Waals surface area contributed by atoms with E-state index in [0.717, 1.165) is 50.5 Å². The third kappa shape index (κ3) is 4.80. The van der Waals surface area contributed by atoms with Crippen LogP contribution in [0.1, 0.15) is 32.3 Å². The van der Waals surface area contributed by atoms with E-state index in [2.05, 4.69) is 11.9 Å². The number of hydrogen-bond acceptors (Lipinski definition) is 8. The maximum Gasteiger partial charge on any atom is 0.302 e. The van der Waals surface area contributed by atoms with Crippen LogP contribution in [0.5, 0.6) is 0 Å². The number of aromatic nitrogens is 2. The summed E-state index contributed by atoms with van der Waals surface area (Å²) in [6.07, 6.45) is 3.62. The maximum absolute atomic E-state index is 12.9. The van der Waals surface area contributed by atoms with Crippen molar-refractivity contribution in [2.24, 2.45) is 0 Å². The number of rotatable bonds is 8. The molecule has 4 rings (SSSR count). The first-order valence-electron chi connectivity index (χ1n) is 10.2. The highest BCUT2D eigenvalue weighted by Crippen LogP contribution is 2.43. The van der Waals surface area contributed by atoms with Crippen molar-refractivity contribution in [3.8, 4) is 21.8 Å². The van der Waals surface area contributed by atoms with Gasteiger partial charge in [0, 0.05) is 23.9 Å². The van der Waals surface area contributed by atoms with Gasteiger partial charge in [0.2, 0.25) is 4.21 Å². The van der Waals surface area contributed by atoms with Gasteiger partial charge in [0.15, 0.2) is 0 Å². The lowest BCUT2D eigenvalue weighted by Gasteiger charge is -2.10. The summed E-state index contributed by atoms with van der Waals surface area (Å²) in [4.78, 5) is 21.1. The van der Waals surface area contributed by atoms with E-state index in [1.54, 1.807) is 6.20 Å². The van der Waals surface area contributed by atoms with Crippen LogP contribution in [0.25, 0.3) is 32.0 Å². The first kappa shape index (κ1) is 22.7. The molecule has 0 saturated heterocycles. The molecular formula is C23H23N3O3S3. The number of nitrogen functional groups attached to an aromatic ring is 1. The van der Waals surface area contributed by atoms with Crippen LogP contribution in [0, 0.1) is 0 Å². The number of fused-ring (bicyclic) bond motifs is 1. The molecule has 0 radical (unpaired) electrons. The van der Waals surface area contributed by atoms with E-state index in [1.165, 1.54) is 29.6 Å². The molecule has 0 aliphatic rings. The fourth-order valence-electron chi connectivity index (χ4n) is 3.29. The highest BCUT2D eigenvalue weighted by molar-refractivity contribution is 7.93. The predicted molar refractivity (Wildman–Crippen MR) is 132 cm³/mol. The lowest BCUT2D eigenvalue weighted by atomic mass is 10.0. The van der Waals surface area contributed by atoms with Gasteiger partial charge in [0.25, 0.3) is 0 Å². The van der Waals surface area contributed by atoms with Gasteiger partial charge in [-0.2, -0.15) is 0 Å². The molecular weight excluding hydrogens is 462 g/mol. The van der Waals surface area contributed by atoms with Crippen molar-refractivity contribution in [1.29, 1.82) is 0 Å². The molecule has 32 heavy (non-hydrogen) atoms. The van der Waals surface area contributed by atoms with E-state index in [0.29, 0.717) is 15.6 Å². The van der Waals surface area contributed by atoms with E-state index in [9.17, 15) is 9.35 Å². The van der Waals surface area contributed by atoms with Crippen LogP contribution in [0.2, 0.25) is 0 Å². The number of hydrogen-bond donors (Lipinski definition) is 1. The second kappa shape index (κ2) is 9.99. The summed E-state index contributed by atoms with van der Waals surface area (Å²) in [5.41, 5.74) is 10.6. The monoisotopic (exact) mass is 485 g/mol. The van der Waals surface area contributed by atoms with Gasteiger partial charge in [-0.05, 0) is 40.4 Å². The highest BCUT2D eigenvalue weighted by Gasteiger charge is 2.25. The van der Waals surface area contributed by atoms with E-state index in [1.807, 2.05) is 35.7 Å². The van der Waals surface area contributed by atoms with Crippen LogP contribution >= 0.6 is 22.7 Å². The van der Waals surface area contributed by atoms with Crippen molar-refractivity contribution in [1.82, 2.24) is 9.97 Å². The molecule has 2 N–H and O–H groups in total. The first-order valence-corrected chi connectivity index (χ1v) is 13.2. The number of thiazole rings is 1. The molecule has 0 spiro atoms. The Balaban J connectivity index is 1.82. The quantitative estimate of drug-likeness (QED) is 0.256. The van der Waals surface area contributed by atoms with Crippen LogP contribution in [-0.2, 0) is 27.3 Å². The van der Waals surface area contributed by atoms with Gasteiger partial charge in [-0.1, -0.05) is 48.9 Å². The standard InChI is InChI=1S/C23H23N3O3S3/c1-3-4-11-32(28)23-20(24)19-17(16-7-5-15(6-8-16)13-29-14(2)27)12-18(26-22(19)31-23)21-25-9-10-30-21/h5-10,12H,3-4,11,13,24H2,1-2H3. The van der Waals surface area contributed by atoms with Gasteiger partial charge >= 0.3 is 5.97 Å². The molecule has 0 aliphatic carbocycles. The second-order valence-electron chi connectivity index (χ2n) is 7.26. The molecule has 0 amide bonds. The number of ether oxygens (including phenoxy) is 1. The number of anilines is 1. The van der Waals surface area contributed by atoms with E-state index in [4.69, 9.17) is 15.5 Å². The zero-order valence-corrected chi connectivity index (χ0v) is 20.2. The summed E-state index contributed by atoms with van der Waals surface area (Å²) in [6, 6.07) is 9.80. The molecule has 1 unspecified atom stereocenters. The number of unbranched alkanes of at least 4 members (excludes halogenated alkanes) is 1. The Morgan fingerprint density at radius 1 is 1.28 bits per heavy atom. The Kier molecular flexibility index (Phi) is 7.10. The molecule has 0 saturated carbocycles. The number of thiophene rings is 1. The Labute approximate surface area is 197 Å². The van der Waals surface area contributed by atoms with Crippen molar-refractivity contribution in [2.45, 2.75) is 37.5 Å². The molecule has 0 fully saturated rings. The number of carbonyl (C=O) groups excluding carboxylic acids is 1. The van der Waals surface area contributed by atoms with E-state index < -0.39 is 11.2 Å². The molecule has 9 heteroatoms. The SMILES string of the molecule is CCCC[S+]([O-])c1sc2nc(-c3nccs3)cc(-c3ccc(COC(C)=O)cc3)c2c1N. The Morgan fingerprint density at radius 3 is 2.72 bits per heavy atom. The van der Waals surface area contributed by atoms with Crippen molar-refractivity contribution >= 4 is 55.7 Å².